The summed E-state index contributed by atoms with van der Waals surface area (Å²) in [4.78, 5) is 29.3. The van der Waals surface area contributed by atoms with Crippen LogP contribution in [0.15, 0.2) is 58.6 Å². The number of nitrogens with zero attached hydrogens (tertiary/aromatic N) is 3. The average Bonchev–Trinajstić information content (AvgIpc) is 3.16. The normalized spacial score (nSPS) is 11.8. The molecule has 176 valence electrons. The summed E-state index contributed by atoms with van der Waals surface area (Å²) in [6.45, 7) is 2.73. The van der Waals surface area contributed by atoms with E-state index in [1.165, 1.54) is 30.2 Å². The molecular formula is C23H28N4O4S2. The van der Waals surface area contributed by atoms with Crippen molar-refractivity contribution in [3.8, 4) is 0 Å². The van der Waals surface area contributed by atoms with Gasteiger partial charge in [0, 0.05) is 26.2 Å². The van der Waals surface area contributed by atoms with E-state index in [0.29, 0.717) is 22.8 Å². The summed E-state index contributed by atoms with van der Waals surface area (Å²) < 4.78 is 28.2. The monoisotopic (exact) mass is 488 g/mol. The van der Waals surface area contributed by atoms with Crippen molar-refractivity contribution in [1.29, 1.82) is 0 Å². The minimum Gasteiger partial charge on any atom is -0.348 e. The Kier molecular flexibility index (Phi) is 8.28. The number of nitrogens with one attached hydrogen (secondary N) is 1. The number of benzene rings is 2. The van der Waals surface area contributed by atoms with Gasteiger partial charge in [0.15, 0.2) is 10.9 Å². The van der Waals surface area contributed by atoms with Crippen LogP contribution in [0.4, 0.5) is 0 Å². The number of hydrogen-bond donors (Lipinski definition) is 1. The molecule has 1 amide bonds. The van der Waals surface area contributed by atoms with Crippen LogP contribution >= 0.6 is 11.8 Å². The van der Waals surface area contributed by atoms with E-state index in [1.54, 1.807) is 42.5 Å². The van der Waals surface area contributed by atoms with Gasteiger partial charge in [0.1, 0.15) is 0 Å². The van der Waals surface area contributed by atoms with Crippen LogP contribution in [-0.4, -0.2) is 60.4 Å². The molecule has 0 unspecified atom stereocenters. The zero-order chi connectivity index (χ0) is 24.0. The number of sulfonamides is 1. The Bertz CT molecular complexity index is 1240. The quantitative estimate of drug-likeness (QED) is 0.329. The molecule has 1 aromatic heterocycles. The first-order valence-electron chi connectivity index (χ1n) is 10.6. The van der Waals surface area contributed by atoms with Gasteiger partial charge in [-0.05, 0) is 24.6 Å². The molecule has 33 heavy (non-hydrogen) atoms. The number of imidazole rings is 1. The van der Waals surface area contributed by atoms with E-state index < -0.39 is 10.0 Å². The minimum absolute atomic E-state index is 0.0680. The summed E-state index contributed by atoms with van der Waals surface area (Å²) in [6, 6.07) is 13.7. The van der Waals surface area contributed by atoms with Gasteiger partial charge >= 0.3 is 0 Å². The smallest absolute Gasteiger partial charge is 0.242 e. The van der Waals surface area contributed by atoms with Crippen molar-refractivity contribution in [2.75, 3.05) is 26.4 Å². The Morgan fingerprint density at radius 1 is 1.12 bits per heavy atom. The van der Waals surface area contributed by atoms with Gasteiger partial charge in [0.2, 0.25) is 15.9 Å². The Hall–Kier alpha value is -2.69. The van der Waals surface area contributed by atoms with Gasteiger partial charge in [-0.1, -0.05) is 55.4 Å². The third-order valence-electron chi connectivity index (χ3n) is 5.07. The summed E-state index contributed by atoms with van der Waals surface area (Å²) in [6.07, 6.45) is 1.91. The zero-order valence-corrected chi connectivity index (χ0v) is 20.6. The molecule has 0 saturated heterocycles. The lowest BCUT2D eigenvalue weighted by Crippen LogP contribution is -2.30. The lowest BCUT2D eigenvalue weighted by molar-refractivity contribution is -0.118. The van der Waals surface area contributed by atoms with Crippen molar-refractivity contribution in [3.63, 3.8) is 0 Å². The second-order valence-corrected chi connectivity index (χ2v) is 10.8. The highest BCUT2D eigenvalue weighted by atomic mass is 32.2. The standard InChI is InChI=1S/C23H28N4O4S2/c1-4-5-13-27-20-12-11-18(33(30,31)26(2)3)14-19(20)25-23(27)32-16-22(29)24-15-21(28)17-9-7-6-8-10-17/h6-12,14H,4-5,13,15-16H2,1-3H3,(H,24,29). The number of aryl methyl sites for hydroxylation is 1. The Balaban J connectivity index is 1.74. The number of thioether (sulfide) groups is 1. The molecule has 0 aliphatic carbocycles. The SMILES string of the molecule is CCCCn1c(SCC(=O)NCC(=O)c2ccccc2)nc2cc(S(=O)(=O)N(C)C)ccc21. The number of ketones is 1. The number of carbonyl (C=O) groups is 2. The molecule has 3 rings (SSSR count). The van der Waals surface area contributed by atoms with Crippen molar-refractivity contribution in [3.05, 3.63) is 54.1 Å². The van der Waals surface area contributed by atoms with E-state index in [9.17, 15) is 18.0 Å². The topological polar surface area (TPSA) is 101 Å². The molecule has 0 aliphatic rings. The number of aromatic nitrogens is 2. The highest BCUT2D eigenvalue weighted by Crippen LogP contribution is 2.27. The average molecular weight is 489 g/mol. The van der Waals surface area contributed by atoms with Crippen molar-refractivity contribution in [2.45, 2.75) is 36.4 Å². The third kappa shape index (κ3) is 6.01. The maximum Gasteiger partial charge on any atom is 0.242 e. The molecule has 0 spiro atoms. The fourth-order valence-corrected chi connectivity index (χ4v) is 4.98. The molecule has 0 fully saturated rings. The Morgan fingerprint density at radius 2 is 1.85 bits per heavy atom. The number of Topliss-reactive ketones (excluding diaryl/α,β-unsaturated/α-hetero) is 1. The van der Waals surface area contributed by atoms with E-state index in [-0.39, 0.29) is 28.9 Å². The number of carbonyl (C=O) groups excluding carboxylic acids is 2. The molecule has 8 nitrogen and oxygen atoms in total. The fraction of sp³-hybridized carbons (Fsp3) is 0.348. The van der Waals surface area contributed by atoms with Crippen LogP contribution in [0, 0.1) is 0 Å². The van der Waals surface area contributed by atoms with Gasteiger partial charge in [0.25, 0.3) is 0 Å². The summed E-state index contributed by atoms with van der Waals surface area (Å²) in [5.41, 5.74) is 1.94. The second-order valence-electron chi connectivity index (χ2n) is 7.69. The van der Waals surface area contributed by atoms with Gasteiger partial charge in [-0.3, -0.25) is 9.59 Å². The first kappa shape index (κ1) is 24.9. The number of rotatable bonds is 11. The van der Waals surface area contributed by atoms with Crippen LogP contribution in [0.3, 0.4) is 0 Å². The van der Waals surface area contributed by atoms with Crippen LogP contribution in [0.5, 0.6) is 0 Å². The third-order valence-corrected chi connectivity index (χ3v) is 7.86. The molecule has 3 aromatic rings. The van der Waals surface area contributed by atoms with E-state index in [4.69, 9.17) is 0 Å². The van der Waals surface area contributed by atoms with Crippen LogP contribution in [0.2, 0.25) is 0 Å². The van der Waals surface area contributed by atoms with Gasteiger partial charge in [-0.15, -0.1) is 0 Å². The molecule has 2 aromatic carbocycles. The van der Waals surface area contributed by atoms with Crippen molar-refractivity contribution >= 4 is 44.5 Å². The van der Waals surface area contributed by atoms with Crippen LogP contribution in [0.1, 0.15) is 30.1 Å². The van der Waals surface area contributed by atoms with Crippen LogP contribution in [-0.2, 0) is 21.4 Å². The molecule has 0 radical (unpaired) electrons. The van der Waals surface area contributed by atoms with Crippen molar-refractivity contribution in [1.82, 2.24) is 19.2 Å². The minimum atomic E-state index is -3.57. The first-order chi connectivity index (χ1) is 15.7. The molecular weight excluding hydrogens is 460 g/mol. The first-order valence-corrected chi connectivity index (χ1v) is 13.1. The Morgan fingerprint density at radius 3 is 2.52 bits per heavy atom. The molecule has 10 heteroatoms. The molecule has 0 aliphatic heterocycles. The van der Waals surface area contributed by atoms with Gasteiger partial charge < -0.3 is 9.88 Å². The zero-order valence-electron chi connectivity index (χ0n) is 18.9. The fourth-order valence-electron chi connectivity index (χ4n) is 3.19. The summed E-state index contributed by atoms with van der Waals surface area (Å²) in [7, 11) is -0.596. The van der Waals surface area contributed by atoms with Crippen LogP contribution < -0.4 is 5.32 Å². The van der Waals surface area contributed by atoms with Crippen LogP contribution in [0.25, 0.3) is 11.0 Å². The number of amides is 1. The maximum atomic E-state index is 12.5. The van der Waals surface area contributed by atoms with E-state index in [0.717, 1.165) is 18.4 Å². The molecule has 1 heterocycles. The van der Waals surface area contributed by atoms with E-state index >= 15 is 0 Å². The Labute approximate surface area is 198 Å². The van der Waals surface area contributed by atoms with Crippen molar-refractivity contribution < 1.29 is 18.0 Å². The largest absolute Gasteiger partial charge is 0.348 e. The summed E-state index contributed by atoms with van der Waals surface area (Å²) >= 11 is 1.27. The predicted molar refractivity (Wildman–Crippen MR) is 130 cm³/mol. The molecule has 0 atom stereocenters. The van der Waals surface area contributed by atoms with Gasteiger partial charge in [-0.2, -0.15) is 0 Å². The predicted octanol–water partition coefficient (Wildman–Crippen LogP) is 3.18. The van der Waals surface area contributed by atoms with Gasteiger partial charge in [0.05, 0.1) is 28.2 Å². The lowest BCUT2D eigenvalue weighted by Gasteiger charge is -2.11. The molecule has 0 bridgehead atoms. The number of unbranched alkanes of at least 4 members (excludes halogenated alkanes) is 1. The maximum absolute atomic E-state index is 12.5. The van der Waals surface area contributed by atoms with Crippen molar-refractivity contribution in [2.24, 2.45) is 0 Å². The number of hydrogen-bond acceptors (Lipinski definition) is 6. The van der Waals surface area contributed by atoms with E-state index in [1.807, 2.05) is 10.6 Å². The second kappa shape index (κ2) is 11.0. The highest BCUT2D eigenvalue weighted by molar-refractivity contribution is 7.99. The lowest BCUT2D eigenvalue weighted by atomic mass is 10.1. The number of fused-ring (bicyclic) bond motifs is 1. The van der Waals surface area contributed by atoms with E-state index in [2.05, 4.69) is 17.2 Å². The highest BCUT2D eigenvalue weighted by Gasteiger charge is 2.20. The molecule has 0 saturated carbocycles. The summed E-state index contributed by atoms with van der Waals surface area (Å²) in [5, 5.41) is 3.30. The molecule has 1 N–H and O–H groups in total. The van der Waals surface area contributed by atoms with Gasteiger partial charge in [-0.25, -0.2) is 17.7 Å². The summed E-state index contributed by atoms with van der Waals surface area (Å²) in [5.74, 6) is -0.326.